The number of hydrogen-bond acceptors (Lipinski definition) is 4. The van der Waals surface area contributed by atoms with Gasteiger partial charge in [-0.25, -0.2) is 0 Å². The molecule has 1 amide bonds. The fourth-order valence-electron chi connectivity index (χ4n) is 2.22. The first-order chi connectivity index (χ1) is 9.70. The van der Waals surface area contributed by atoms with Crippen molar-refractivity contribution in [2.45, 2.75) is 18.9 Å². The Balaban J connectivity index is 2.08. The normalized spacial score (nSPS) is 18.4. The van der Waals surface area contributed by atoms with Crippen molar-refractivity contribution >= 4 is 5.91 Å². The number of aliphatic hydroxyl groups is 1. The first-order valence-corrected chi connectivity index (χ1v) is 6.74. The molecule has 1 unspecified atom stereocenters. The van der Waals surface area contributed by atoms with E-state index in [1.807, 2.05) is 7.05 Å². The molecule has 2 rings (SSSR count). The van der Waals surface area contributed by atoms with E-state index in [2.05, 4.69) is 27.0 Å². The van der Waals surface area contributed by atoms with Gasteiger partial charge in [-0.1, -0.05) is 11.8 Å². The molecule has 0 saturated carbocycles. The molecule has 2 heterocycles. The molecule has 1 aromatic rings. The molecule has 20 heavy (non-hydrogen) atoms. The summed E-state index contributed by atoms with van der Waals surface area (Å²) in [4.78, 5) is 18.5. The van der Waals surface area contributed by atoms with Gasteiger partial charge in [0.15, 0.2) is 0 Å². The summed E-state index contributed by atoms with van der Waals surface area (Å²) in [6.07, 6.45) is 4.54. The van der Waals surface area contributed by atoms with E-state index in [9.17, 15) is 4.79 Å². The van der Waals surface area contributed by atoms with Gasteiger partial charge in [0, 0.05) is 31.4 Å². The number of likely N-dealkylation sites (tertiary alicyclic amines) is 1. The number of pyridine rings is 1. The van der Waals surface area contributed by atoms with Crippen molar-refractivity contribution in [2.24, 2.45) is 0 Å². The first-order valence-electron chi connectivity index (χ1n) is 6.74. The predicted molar refractivity (Wildman–Crippen MR) is 76.2 cm³/mol. The van der Waals surface area contributed by atoms with Crippen LogP contribution in [0, 0.1) is 11.8 Å². The SMILES string of the molecule is CN1CCC(NC(=O)c2ccncc2C#CCCO)C1. The van der Waals surface area contributed by atoms with E-state index in [-0.39, 0.29) is 18.6 Å². The number of rotatable bonds is 3. The van der Waals surface area contributed by atoms with E-state index in [0.717, 1.165) is 19.5 Å². The maximum Gasteiger partial charge on any atom is 0.252 e. The molecule has 106 valence electrons. The minimum Gasteiger partial charge on any atom is -0.395 e. The summed E-state index contributed by atoms with van der Waals surface area (Å²) >= 11 is 0. The Kier molecular flexibility index (Phi) is 5.10. The molecule has 5 heteroatoms. The monoisotopic (exact) mass is 273 g/mol. The van der Waals surface area contributed by atoms with Crippen molar-refractivity contribution in [3.8, 4) is 11.8 Å². The van der Waals surface area contributed by atoms with Crippen LogP contribution in [0.15, 0.2) is 18.5 Å². The van der Waals surface area contributed by atoms with E-state index in [4.69, 9.17) is 5.11 Å². The van der Waals surface area contributed by atoms with E-state index in [1.165, 1.54) is 0 Å². The molecular formula is C15H19N3O2. The van der Waals surface area contributed by atoms with E-state index in [0.29, 0.717) is 17.5 Å². The molecule has 2 N–H and O–H groups in total. The molecular weight excluding hydrogens is 254 g/mol. The second-order valence-corrected chi connectivity index (χ2v) is 4.92. The van der Waals surface area contributed by atoms with Crippen molar-refractivity contribution in [3.05, 3.63) is 29.6 Å². The van der Waals surface area contributed by atoms with Gasteiger partial charge in [0.2, 0.25) is 0 Å². The molecule has 1 fully saturated rings. The Bertz CT molecular complexity index is 533. The lowest BCUT2D eigenvalue weighted by Gasteiger charge is -2.13. The fourth-order valence-corrected chi connectivity index (χ4v) is 2.22. The summed E-state index contributed by atoms with van der Waals surface area (Å²) in [5.74, 6) is 5.59. The van der Waals surface area contributed by atoms with Gasteiger partial charge in [0.05, 0.1) is 17.7 Å². The van der Waals surface area contributed by atoms with Crippen LogP contribution in [0.25, 0.3) is 0 Å². The van der Waals surface area contributed by atoms with Gasteiger partial charge in [-0.05, 0) is 26.1 Å². The summed E-state index contributed by atoms with van der Waals surface area (Å²) in [6.45, 7) is 1.90. The number of likely N-dealkylation sites (N-methyl/N-ethyl adjacent to an activating group) is 1. The lowest BCUT2D eigenvalue weighted by molar-refractivity contribution is 0.0938. The fraction of sp³-hybridized carbons (Fsp3) is 0.467. The molecule has 0 spiro atoms. The maximum atomic E-state index is 12.3. The van der Waals surface area contributed by atoms with Crippen LogP contribution >= 0.6 is 0 Å². The van der Waals surface area contributed by atoms with Crippen molar-refractivity contribution in [2.75, 3.05) is 26.7 Å². The lowest BCUT2D eigenvalue weighted by atomic mass is 10.1. The van der Waals surface area contributed by atoms with E-state index in [1.54, 1.807) is 18.5 Å². The number of carbonyl (C=O) groups excluding carboxylic acids is 1. The number of amides is 1. The molecule has 5 nitrogen and oxygen atoms in total. The van der Waals surface area contributed by atoms with Crippen molar-refractivity contribution in [3.63, 3.8) is 0 Å². The van der Waals surface area contributed by atoms with Crippen molar-refractivity contribution in [1.29, 1.82) is 0 Å². The average molecular weight is 273 g/mol. The largest absolute Gasteiger partial charge is 0.395 e. The summed E-state index contributed by atoms with van der Waals surface area (Å²) in [7, 11) is 2.05. The average Bonchev–Trinajstić information content (AvgIpc) is 2.85. The zero-order valence-electron chi connectivity index (χ0n) is 11.6. The third-order valence-corrected chi connectivity index (χ3v) is 3.25. The number of aromatic nitrogens is 1. The Labute approximate surface area is 119 Å². The van der Waals surface area contributed by atoms with Crippen LogP contribution in [0.3, 0.4) is 0 Å². The van der Waals surface area contributed by atoms with Crippen LogP contribution in [0.4, 0.5) is 0 Å². The third-order valence-electron chi connectivity index (χ3n) is 3.25. The summed E-state index contributed by atoms with van der Waals surface area (Å²) in [5.41, 5.74) is 1.14. The minimum atomic E-state index is -0.110. The van der Waals surface area contributed by atoms with Gasteiger partial charge in [-0.15, -0.1) is 0 Å². The molecule has 1 aliphatic heterocycles. The highest BCUT2D eigenvalue weighted by Crippen LogP contribution is 2.10. The zero-order chi connectivity index (χ0) is 14.4. The topological polar surface area (TPSA) is 65.5 Å². The van der Waals surface area contributed by atoms with Crippen LogP contribution in [-0.4, -0.2) is 53.7 Å². The smallest absolute Gasteiger partial charge is 0.252 e. The number of nitrogens with zero attached hydrogens (tertiary/aromatic N) is 2. The van der Waals surface area contributed by atoms with Gasteiger partial charge in [-0.2, -0.15) is 0 Å². The molecule has 0 aliphatic carbocycles. The lowest BCUT2D eigenvalue weighted by Crippen LogP contribution is -2.36. The predicted octanol–water partition coefficient (Wildman–Crippen LogP) is 0.249. The quantitative estimate of drug-likeness (QED) is 0.775. The summed E-state index contributed by atoms with van der Waals surface area (Å²) < 4.78 is 0. The molecule has 0 bridgehead atoms. The first kappa shape index (κ1) is 14.5. The van der Waals surface area contributed by atoms with Crippen LogP contribution < -0.4 is 5.32 Å². The second-order valence-electron chi connectivity index (χ2n) is 4.92. The van der Waals surface area contributed by atoms with Gasteiger partial charge < -0.3 is 15.3 Å². The standard InChI is InChI=1S/C15H19N3O2/c1-18-8-6-13(11-18)17-15(20)14-5-7-16-10-12(14)4-2-3-9-19/h5,7,10,13,19H,3,6,8-9,11H2,1H3,(H,17,20). The minimum absolute atomic E-state index is 0.0171. The van der Waals surface area contributed by atoms with Crippen molar-refractivity contribution in [1.82, 2.24) is 15.2 Å². The van der Waals surface area contributed by atoms with Crippen LogP contribution in [0.2, 0.25) is 0 Å². The molecule has 1 atom stereocenters. The van der Waals surface area contributed by atoms with Gasteiger partial charge in [-0.3, -0.25) is 9.78 Å². The number of aliphatic hydroxyl groups excluding tert-OH is 1. The van der Waals surface area contributed by atoms with Crippen LogP contribution in [-0.2, 0) is 0 Å². The number of carbonyl (C=O) groups is 1. The van der Waals surface area contributed by atoms with Crippen LogP contribution in [0.5, 0.6) is 0 Å². The number of hydrogen-bond donors (Lipinski definition) is 2. The molecule has 0 radical (unpaired) electrons. The van der Waals surface area contributed by atoms with Crippen molar-refractivity contribution < 1.29 is 9.90 Å². The molecule has 0 aromatic carbocycles. The van der Waals surface area contributed by atoms with E-state index >= 15 is 0 Å². The Hall–Kier alpha value is -1.90. The molecule has 1 aliphatic rings. The third kappa shape index (κ3) is 3.80. The maximum absolute atomic E-state index is 12.3. The molecule has 1 saturated heterocycles. The van der Waals surface area contributed by atoms with Gasteiger partial charge in [0.1, 0.15) is 0 Å². The van der Waals surface area contributed by atoms with E-state index < -0.39 is 0 Å². The number of nitrogens with one attached hydrogen (secondary N) is 1. The Morgan fingerprint density at radius 1 is 1.65 bits per heavy atom. The molecule has 1 aromatic heterocycles. The summed E-state index contributed by atoms with van der Waals surface area (Å²) in [5, 5.41) is 11.8. The highest BCUT2D eigenvalue weighted by molar-refractivity contribution is 5.96. The van der Waals surface area contributed by atoms with Crippen LogP contribution in [0.1, 0.15) is 28.8 Å². The van der Waals surface area contributed by atoms with Gasteiger partial charge >= 0.3 is 0 Å². The Morgan fingerprint density at radius 2 is 2.50 bits per heavy atom. The summed E-state index contributed by atoms with van der Waals surface area (Å²) in [6, 6.07) is 1.87. The van der Waals surface area contributed by atoms with Gasteiger partial charge in [0.25, 0.3) is 5.91 Å². The second kappa shape index (κ2) is 7.04. The Morgan fingerprint density at radius 3 is 3.20 bits per heavy atom. The zero-order valence-corrected chi connectivity index (χ0v) is 11.6. The highest BCUT2D eigenvalue weighted by Gasteiger charge is 2.22. The highest BCUT2D eigenvalue weighted by atomic mass is 16.2.